The standard InChI is InChI=1S/C6H9F3/c1-3-4(2)5(3)6(7,8)9/h3-5H,1-2H3/t3-,4?,5?/m1/s1. The average Bonchev–Trinajstić information content (AvgIpc) is 2.11. The Bertz CT molecular complexity index is 108. The molecule has 9 heavy (non-hydrogen) atoms. The SMILES string of the molecule is CC1C(C(F)(F)F)[C@@H]1C. The van der Waals surface area contributed by atoms with Gasteiger partial charge in [0, 0.05) is 0 Å². The Morgan fingerprint density at radius 2 is 1.33 bits per heavy atom. The zero-order valence-corrected chi connectivity index (χ0v) is 5.37. The quantitative estimate of drug-likeness (QED) is 0.482. The number of alkyl halides is 3. The molecule has 0 bridgehead atoms. The maximum Gasteiger partial charge on any atom is 0.392 e. The van der Waals surface area contributed by atoms with Gasteiger partial charge in [-0.15, -0.1) is 0 Å². The van der Waals surface area contributed by atoms with Gasteiger partial charge >= 0.3 is 6.18 Å². The minimum absolute atomic E-state index is 0.148. The zero-order chi connectivity index (χ0) is 7.23. The summed E-state index contributed by atoms with van der Waals surface area (Å²) in [6, 6.07) is 0. The maximum absolute atomic E-state index is 11.7. The molecular weight excluding hydrogens is 129 g/mol. The third-order valence-electron chi connectivity index (χ3n) is 2.20. The van der Waals surface area contributed by atoms with Crippen LogP contribution in [0.3, 0.4) is 0 Å². The van der Waals surface area contributed by atoms with E-state index in [9.17, 15) is 13.2 Å². The summed E-state index contributed by atoms with van der Waals surface area (Å²) >= 11 is 0. The van der Waals surface area contributed by atoms with Gasteiger partial charge in [0.2, 0.25) is 0 Å². The van der Waals surface area contributed by atoms with E-state index < -0.39 is 12.1 Å². The Kier molecular flexibility index (Phi) is 1.26. The first kappa shape index (κ1) is 6.90. The van der Waals surface area contributed by atoms with Crippen molar-refractivity contribution in [1.29, 1.82) is 0 Å². The zero-order valence-electron chi connectivity index (χ0n) is 5.37. The third-order valence-corrected chi connectivity index (χ3v) is 2.20. The molecule has 2 unspecified atom stereocenters. The van der Waals surface area contributed by atoms with E-state index in [2.05, 4.69) is 0 Å². The van der Waals surface area contributed by atoms with Crippen LogP contribution in [0.2, 0.25) is 0 Å². The van der Waals surface area contributed by atoms with Gasteiger partial charge in [-0.1, -0.05) is 13.8 Å². The molecule has 0 aliphatic heterocycles. The number of rotatable bonds is 0. The molecule has 1 aliphatic rings. The third kappa shape index (κ3) is 1.05. The lowest BCUT2D eigenvalue weighted by molar-refractivity contribution is -0.153. The van der Waals surface area contributed by atoms with Gasteiger partial charge in [0.15, 0.2) is 0 Å². The molecule has 0 nitrogen and oxygen atoms in total. The Labute approximate surface area is 52.1 Å². The minimum Gasteiger partial charge on any atom is -0.171 e. The second-order valence-electron chi connectivity index (χ2n) is 2.79. The van der Waals surface area contributed by atoms with E-state index in [0.29, 0.717) is 0 Å². The van der Waals surface area contributed by atoms with Crippen LogP contribution in [-0.2, 0) is 0 Å². The van der Waals surface area contributed by atoms with Crippen LogP contribution >= 0.6 is 0 Å². The van der Waals surface area contributed by atoms with E-state index >= 15 is 0 Å². The number of hydrogen-bond donors (Lipinski definition) is 0. The predicted octanol–water partition coefficient (Wildman–Crippen LogP) is 2.45. The fourth-order valence-electron chi connectivity index (χ4n) is 1.26. The molecule has 3 atom stereocenters. The molecule has 0 aromatic carbocycles. The van der Waals surface area contributed by atoms with Crippen molar-refractivity contribution < 1.29 is 13.2 Å². The van der Waals surface area contributed by atoms with Crippen LogP contribution in [0.15, 0.2) is 0 Å². The highest BCUT2D eigenvalue weighted by atomic mass is 19.4. The van der Waals surface area contributed by atoms with Gasteiger partial charge in [-0.05, 0) is 11.8 Å². The van der Waals surface area contributed by atoms with Crippen LogP contribution in [0, 0.1) is 17.8 Å². The van der Waals surface area contributed by atoms with E-state index in [4.69, 9.17) is 0 Å². The molecule has 0 amide bonds. The molecule has 0 radical (unpaired) electrons. The summed E-state index contributed by atoms with van der Waals surface area (Å²) in [7, 11) is 0. The Hall–Kier alpha value is -0.210. The molecule has 0 N–H and O–H groups in total. The summed E-state index contributed by atoms with van der Waals surface area (Å²) in [5, 5.41) is 0. The average molecular weight is 138 g/mol. The van der Waals surface area contributed by atoms with Crippen molar-refractivity contribution in [3.8, 4) is 0 Å². The molecule has 1 saturated carbocycles. The predicted molar refractivity (Wildman–Crippen MR) is 27.9 cm³/mol. The minimum atomic E-state index is -3.95. The highest BCUT2D eigenvalue weighted by molar-refractivity contribution is 4.95. The van der Waals surface area contributed by atoms with E-state index in [-0.39, 0.29) is 11.8 Å². The first-order valence-electron chi connectivity index (χ1n) is 3.01. The topological polar surface area (TPSA) is 0 Å². The molecule has 3 heteroatoms. The first-order valence-corrected chi connectivity index (χ1v) is 3.01. The van der Waals surface area contributed by atoms with Crippen LogP contribution < -0.4 is 0 Å². The van der Waals surface area contributed by atoms with Gasteiger partial charge < -0.3 is 0 Å². The van der Waals surface area contributed by atoms with E-state index in [1.807, 2.05) is 0 Å². The lowest BCUT2D eigenvalue weighted by Gasteiger charge is -2.02. The summed E-state index contributed by atoms with van der Waals surface area (Å²) < 4.78 is 35.2. The molecule has 0 aromatic heterocycles. The molecule has 1 aliphatic carbocycles. The molecule has 0 saturated heterocycles. The lowest BCUT2D eigenvalue weighted by atomic mass is 10.3. The summed E-state index contributed by atoms with van der Waals surface area (Å²) in [5.74, 6) is -1.31. The van der Waals surface area contributed by atoms with Crippen LogP contribution in [0.1, 0.15) is 13.8 Å². The smallest absolute Gasteiger partial charge is 0.171 e. The number of halogens is 3. The molecular formula is C6H9F3. The lowest BCUT2D eigenvalue weighted by Crippen LogP contribution is -2.12. The van der Waals surface area contributed by atoms with Crippen molar-refractivity contribution in [1.82, 2.24) is 0 Å². The molecule has 0 heterocycles. The fraction of sp³-hybridized carbons (Fsp3) is 1.00. The summed E-state index contributed by atoms with van der Waals surface area (Å²) in [6.45, 7) is 3.28. The van der Waals surface area contributed by atoms with Crippen LogP contribution in [0.4, 0.5) is 13.2 Å². The molecule has 0 spiro atoms. The van der Waals surface area contributed by atoms with Crippen molar-refractivity contribution in [3.05, 3.63) is 0 Å². The van der Waals surface area contributed by atoms with E-state index in [1.165, 1.54) is 0 Å². The summed E-state index contributed by atoms with van der Waals surface area (Å²) in [6.07, 6.45) is -3.95. The van der Waals surface area contributed by atoms with Gasteiger partial charge in [-0.2, -0.15) is 13.2 Å². The monoisotopic (exact) mass is 138 g/mol. The van der Waals surface area contributed by atoms with Gasteiger partial charge in [0.25, 0.3) is 0 Å². The molecule has 1 rings (SSSR count). The highest BCUT2D eigenvalue weighted by Crippen LogP contribution is 2.54. The normalized spacial score (nSPS) is 43.0. The van der Waals surface area contributed by atoms with Crippen molar-refractivity contribution in [3.63, 3.8) is 0 Å². The second kappa shape index (κ2) is 1.64. The van der Waals surface area contributed by atoms with E-state index in [1.54, 1.807) is 13.8 Å². The van der Waals surface area contributed by atoms with Crippen LogP contribution in [0.5, 0.6) is 0 Å². The largest absolute Gasteiger partial charge is 0.392 e. The van der Waals surface area contributed by atoms with Gasteiger partial charge in [0.05, 0.1) is 5.92 Å². The van der Waals surface area contributed by atoms with Crippen LogP contribution in [0.25, 0.3) is 0 Å². The van der Waals surface area contributed by atoms with Crippen molar-refractivity contribution in [2.24, 2.45) is 17.8 Å². The van der Waals surface area contributed by atoms with Crippen molar-refractivity contribution >= 4 is 0 Å². The Morgan fingerprint density at radius 3 is 1.33 bits per heavy atom. The maximum atomic E-state index is 11.7. The van der Waals surface area contributed by atoms with Crippen LogP contribution in [-0.4, -0.2) is 6.18 Å². The highest BCUT2D eigenvalue weighted by Gasteiger charge is 2.59. The van der Waals surface area contributed by atoms with Crippen molar-refractivity contribution in [2.45, 2.75) is 20.0 Å². The number of hydrogen-bond acceptors (Lipinski definition) is 0. The second-order valence-corrected chi connectivity index (χ2v) is 2.79. The molecule has 0 aromatic rings. The van der Waals surface area contributed by atoms with Crippen molar-refractivity contribution in [2.75, 3.05) is 0 Å². The summed E-state index contributed by atoms with van der Waals surface area (Å²) in [4.78, 5) is 0. The van der Waals surface area contributed by atoms with Gasteiger partial charge in [-0.3, -0.25) is 0 Å². The summed E-state index contributed by atoms with van der Waals surface area (Å²) in [5.41, 5.74) is 0. The molecule has 1 fully saturated rings. The molecule has 54 valence electrons. The van der Waals surface area contributed by atoms with Gasteiger partial charge in [-0.25, -0.2) is 0 Å². The Morgan fingerprint density at radius 1 is 1.00 bits per heavy atom. The van der Waals surface area contributed by atoms with Gasteiger partial charge in [0.1, 0.15) is 0 Å². The first-order chi connectivity index (χ1) is 3.94. The fourth-order valence-corrected chi connectivity index (χ4v) is 1.26. The Balaban J connectivity index is 2.50. The van der Waals surface area contributed by atoms with E-state index in [0.717, 1.165) is 0 Å².